The lowest BCUT2D eigenvalue weighted by Crippen LogP contribution is -2.35. The summed E-state index contributed by atoms with van der Waals surface area (Å²) in [6, 6.07) is 0.710. The van der Waals surface area contributed by atoms with E-state index in [2.05, 4.69) is 15.4 Å². The van der Waals surface area contributed by atoms with Crippen molar-refractivity contribution in [3.05, 3.63) is 63.4 Å². The summed E-state index contributed by atoms with van der Waals surface area (Å²) in [4.78, 5) is 41.8. The smallest absolute Gasteiger partial charge is 0.337 e. The third-order valence-electron chi connectivity index (χ3n) is 5.52. The van der Waals surface area contributed by atoms with Crippen LogP contribution in [0.25, 0.3) is 0 Å². The molecule has 0 bridgehead atoms. The highest BCUT2D eigenvalue weighted by Crippen LogP contribution is 2.39. The summed E-state index contributed by atoms with van der Waals surface area (Å²) in [6.07, 6.45) is 3.68. The zero-order valence-corrected chi connectivity index (χ0v) is 17.3. The predicted octanol–water partition coefficient (Wildman–Crippen LogP) is 3.01. The van der Waals surface area contributed by atoms with E-state index >= 15 is 0 Å². The molecule has 3 heterocycles. The number of nitrogens with one attached hydrogen (secondary N) is 2. The molecule has 1 saturated carbocycles. The lowest BCUT2D eigenvalue weighted by Gasteiger charge is -2.26. The van der Waals surface area contributed by atoms with Gasteiger partial charge in [-0.2, -0.15) is 13.2 Å². The van der Waals surface area contributed by atoms with Gasteiger partial charge in [-0.15, -0.1) is 0 Å². The Bertz CT molecular complexity index is 1080. The van der Waals surface area contributed by atoms with Gasteiger partial charge in [0.15, 0.2) is 0 Å². The number of alkyl halides is 3. The Hall–Kier alpha value is -3.21. The van der Waals surface area contributed by atoms with E-state index in [-0.39, 0.29) is 5.56 Å². The molecule has 2 aromatic rings. The number of rotatable bonds is 6. The largest absolute Gasteiger partial charge is 0.421 e. The molecule has 170 valence electrons. The van der Waals surface area contributed by atoms with Gasteiger partial charge in [-0.25, -0.2) is 15.4 Å². The SMILES string of the molecule is CC(ONC(=O)C1=CCN(c2ncc(C3CC3)cn2)CC1)c1c[nH]c(=O)c(C(F)(F)F)c1. The fourth-order valence-electron chi connectivity index (χ4n) is 3.40. The molecular weight excluding hydrogens is 427 g/mol. The predicted molar refractivity (Wildman–Crippen MR) is 109 cm³/mol. The van der Waals surface area contributed by atoms with Gasteiger partial charge in [-0.3, -0.25) is 14.4 Å². The average molecular weight is 449 g/mol. The first kappa shape index (κ1) is 22.0. The number of aromatic nitrogens is 3. The highest BCUT2D eigenvalue weighted by molar-refractivity contribution is 5.93. The number of anilines is 1. The fourth-order valence-corrected chi connectivity index (χ4v) is 3.40. The van der Waals surface area contributed by atoms with E-state index in [9.17, 15) is 22.8 Å². The van der Waals surface area contributed by atoms with Gasteiger partial charge >= 0.3 is 6.18 Å². The number of hydrogen-bond acceptors (Lipinski definition) is 6. The Kier molecular flexibility index (Phi) is 6.00. The highest BCUT2D eigenvalue weighted by atomic mass is 19.4. The van der Waals surface area contributed by atoms with Gasteiger partial charge in [-0.05, 0) is 43.7 Å². The summed E-state index contributed by atoms with van der Waals surface area (Å²) in [6.45, 7) is 2.47. The molecule has 1 fully saturated rings. The van der Waals surface area contributed by atoms with Crippen LogP contribution in [0.3, 0.4) is 0 Å². The summed E-state index contributed by atoms with van der Waals surface area (Å²) in [5.41, 5.74) is 1.45. The summed E-state index contributed by atoms with van der Waals surface area (Å²) < 4.78 is 38.7. The van der Waals surface area contributed by atoms with Gasteiger partial charge in [0.1, 0.15) is 11.7 Å². The number of halogens is 3. The normalized spacial score (nSPS) is 17.6. The van der Waals surface area contributed by atoms with Crippen LogP contribution in [-0.2, 0) is 15.8 Å². The Morgan fingerprint density at radius 1 is 1.31 bits per heavy atom. The van der Waals surface area contributed by atoms with Crippen LogP contribution in [0.15, 0.2) is 41.1 Å². The molecule has 1 aliphatic carbocycles. The van der Waals surface area contributed by atoms with E-state index in [1.54, 1.807) is 6.08 Å². The molecule has 0 radical (unpaired) electrons. The van der Waals surface area contributed by atoms with Gasteiger partial charge < -0.3 is 9.88 Å². The van der Waals surface area contributed by atoms with Crippen LogP contribution in [0, 0.1) is 0 Å². The van der Waals surface area contributed by atoms with Crippen LogP contribution in [0.5, 0.6) is 0 Å². The number of hydroxylamine groups is 1. The lowest BCUT2D eigenvalue weighted by atomic mass is 10.1. The Labute approximate surface area is 181 Å². The standard InChI is InChI=1S/C21H22F3N5O3/c1-12(15-8-17(21(22,23)24)19(31)25-9-15)32-28-18(30)14-4-6-29(7-5-14)20-26-10-16(11-27-20)13-2-3-13/h4,8-13H,2-3,5-7H2,1H3,(H,25,31)(H,28,30). The number of nitrogens with zero attached hydrogens (tertiary/aromatic N) is 3. The second-order valence-electron chi connectivity index (χ2n) is 7.88. The van der Waals surface area contributed by atoms with Gasteiger partial charge in [0.05, 0.1) is 0 Å². The minimum Gasteiger partial charge on any atom is -0.337 e. The molecule has 1 atom stereocenters. The zero-order chi connectivity index (χ0) is 22.9. The average Bonchev–Trinajstić information content (AvgIpc) is 3.62. The minimum absolute atomic E-state index is 0.0767. The lowest BCUT2D eigenvalue weighted by molar-refractivity contribution is -0.139. The topological polar surface area (TPSA) is 100 Å². The number of carbonyl (C=O) groups excluding carboxylic acids is 1. The summed E-state index contributed by atoms with van der Waals surface area (Å²) in [5.74, 6) is 0.717. The zero-order valence-electron chi connectivity index (χ0n) is 17.3. The fraction of sp³-hybridized carbons (Fsp3) is 0.429. The molecule has 0 spiro atoms. The Balaban J connectivity index is 1.32. The maximum atomic E-state index is 12.9. The molecule has 0 saturated heterocycles. The number of aromatic amines is 1. The van der Waals surface area contributed by atoms with Gasteiger partial charge in [-0.1, -0.05) is 6.08 Å². The second-order valence-corrected chi connectivity index (χ2v) is 7.88. The molecule has 2 N–H and O–H groups in total. The number of hydrogen-bond donors (Lipinski definition) is 2. The molecule has 1 amide bonds. The molecule has 1 unspecified atom stereocenters. The van der Waals surface area contributed by atoms with Crippen LogP contribution in [-0.4, -0.2) is 33.9 Å². The number of carbonyl (C=O) groups is 1. The molecule has 4 rings (SSSR count). The van der Waals surface area contributed by atoms with Crippen molar-refractivity contribution in [3.63, 3.8) is 0 Å². The van der Waals surface area contributed by atoms with Crippen LogP contribution in [0.2, 0.25) is 0 Å². The van der Waals surface area contributed by atoms with Crippen molar-refractivity contribution in [1.29, 1.82) is 0 Å². The third-order valence-corrected chi connectivity index (χ3v) is 5.52. The van der Waals surface area contributed by atoms with Crippen molar-refractivity contribution in [2.24, 2.45) is 0 Å². The van der Waals surface area contributed by atoms with E-state index in [4.69, 9.17) is 4.84 Å². The number of pyridine rings is 1. The van der Waals surface area contributed by atoms with Crippen LogP contribution in [0.4, 0.5) is 19.1 Å². The summed E-state index contributed by atoms with van der Waals surface area (Å²) in [5, 5.41) is 0. The molecule has 2 aromatic heterocycles. The molecule has 11 heteroatoms. The van der Waals surface area contributed by atoms with Crippen molar-refractivity contribution in [1.82, 2.24) is 20.4 Å². The molecule has 0 aromatic carbocycles. The van der Waals surface area contributed by atoms with E-state index in [0.717, 1.165) is 11.8 Å². The monoisotopic (exact) mass is 449 g/mol. The van der Waals surface area contributed by atoms with E-state index in [1.165, 1.54) is 19.8 Å². The van der Waals surface area contributed by atoms with Gasteiger partial charge in [0.2, 0.25) is 5.95 Å². The van der Waals surface area contributed by atoms with E-state index in [0.29, 0.717) is 43.0 Å². The maximum Gasteiger partial charge on any atom is 0.421 e. The maximum absolute atomic E-state index is 12.9. The van der Waals surface area contributed by atoms with E-state index < -0.39 is 29.3 Å². The van der Waals surface area contributed by atoms with Crippen LogP contribution < -0.4 is 15.9 Å². The summed E-state index contributed by atoms with van der Waals surface area (Å²) >= 11 is 0. The Morgan fingerprint density at radius 3 is 2.62 bits per heavy atom. The third kappa shape index (κ3) is 4.98. The highest BCUT2D eigenvalue weighted by Gasteiger charge is 2.34. The van der Waals surface area contributed by atoms with Crippen molar-refractivity contribution >= 4 is 11.9 Å². The molecule has 1 aliphatic heterocycles. The second kappa shape index (κ2) is 8.73. The van der Waals surface area contributed by atoms with Gasteiger partial charge in [0.25, 0.3) is 11.5 Å². The quantitative estimate of drug-likeness (QED) is 0.658. The molecular formula is C21H22F3N5O3. The first-order valence-corrected chi connectivity index (χ1v) is 10.2. The van der Waals surface area contributed by atoms with Crippen LogP contribution >= 0.6 is 0 Å². The summed E-state index contributed by atoms with van der Waals surface area (Å²) in [7, 11) is 0. The van der Waals surface area contributed by atoms with Crippen molar-refractivity contribution in [3.8, 4) is 0 Å². The van der Waals surface area contributed by atoms with Gasteiger partial charge in [0, 0.05) is 42.8 Å². The first-order chi connectivity index (χ1) is 15.2. The number of H-pyrrole nitrogens is 1. The van der Waals surface area contributed by atoms with Crippen molar-refractivity contribution < 1.29 is 22.8 Å². The Morgan fingerprint density at radius 2 is 2.03 bits per heavy atom. The van der Waals surface area contributed by atoms with Crippen molar-refractivity contribution in [2.75, 3.05) is 18.0 Å². The van der Waals surface area contributed by atoms with E-state index in [1.807, 2.05) is 22.3 Å². The molecule has 2 aliphatic rings. The van der Waals surface area contributed by atoms with Crippen LogP contribution in [0.1, 0.15) is 54.9 Å². The molecule has 8 nitrogen and oxygen atoms in total. The molecule has 32 heavy (non-hydrogen) atoms. The number of amides is 1. The minimum atomic E-state index is -4.78. The first-order valence-electron chi connectivity index (χ1n) is 10.2. The van der Waals surface area contributed by atoms with Crippen molar-refractivity contribution in [2.45, 2.75) is 44.4 Å².